The summed E-state index contributed by atoms with van der Waals surface area (Å²) in [5.41, 5.74) is 8.40. The van der Waals surface area contributed by atoms with Gasteiger partial charge in [0, 0.05) is 17.7 Å². The van der Waals surface area contributed by atoms with Crippen molar-refractivity contribution in [3.63, 3.8) is 0 Å². The summed E-state index contributed by atoms with van der Waals surface area (Å²) in [7, 11) is 0. The van der Waals surface area contributed by atoms with E-state index in [2.05, 4.69) is 21.7 Å². The lowest BCUT2D eigenvalue weighted by atomic mass is 10.2. The molecule has 2 aromatic carbocycles. The molecule has 0 bridgehead atoms. The number of thioether (sulfide) groups is 1. The van der Waals surface area contributed by atoms with Crippen LogP contribution >= 0.6 is 11.8 Å². The van der Waals surface area contributed by atoms with Gasteiger partial charge in [0.15, 0.2) is 10.9 Å². The van der Waals surface area contributed by atoms with Crippen molar-refractivity contribution in [3.05, 3.63) is 71.5 Å². The van der Waals surface area contributed by atoms with Crippen molar-refractivity contribution in [2.75, 3.05) is 11.5 Å². The zero-order chi connectivity index (χ0) is 19.1. The van der Waals surface area contributed by atoms with E-state index in [-0.39, 0.29) is 5.78 Å². The van der Waals surface area contributed by atoms with Crippen LogP contribution in [0.25, 0.3) is 0 Å². The average molecular weight is 381 g/mol. The van der Waals surface area contributed by atoms with Crippen molar-refractivity contribution < 1.29 is 4.79 Å². The lowest BCUT2D eigenvalue weighted by Crippen LogP contribution is -2.09. The molecule has 1 aromatic heterocycles. The maximum atomic E-state index is 12.4. The summed E-state index contributed by atoms with van der Waals surface area (Å²) in [4.78, 5) is 12.4. The lowest BCUT2D eigenvalue weighted by Gasteiger charge is -2.10. The largest absolute Gasteiger partial charge is 0.399 e. The lowest BCUT2D eigenvalue weighted by molar-refractivity contribution is 0.102. The highest BCUT2D eigenvalue weighted by Crippen LogP contribution is 2.21. The molecule has 0 radical (unpaired) electrons. The van der Waals surface area contributed by atoms with Gasteiger partial charge in [0.25, 0.3) is 0 Å². The molecule has 0 aliphatic carbocycles. The number of nitrogens with two attached hydrogens (primary N) is 1. The molecule has 2 N–H and O–H groups in total. The van der Waals surface area contributed by atoms with Crippen LogP contribution in [-0.4, -0.2) is 26.3 Å². The summed E-state index contributed by atoms with van der Waals surface area (Å²) in [6.07, 6.45) is 3.04. The van der Waals surface area contributed by atoms with Crippen molar-refractivity contribution in [2.45, 2.75) is 37.9 Å². The Morgan fingerprint density at radius 2 is 1.81 bits per heavy atom. The summed E-state index contributed by atoms with van der Waals surface area (Å²) >= 11 is 1.44. The van der Waals surface area contributed by atoms with Crippen molar-refractivity contribution in [2.24, 2.45) is 0 Å². The number of carbonyl (C=O) groups is 1. The van der Waals surface area contributed by atoms with Gasteiger partial charge in [0.05, 0.1) is 12.3 Å². The van der Waals surface area contributed by atoms with Crippen molar-refractivity contribution in [1.29, 1.82) is 0 Å². The molecule has 0 fully saturated rings. The molecule has 0 amide bonds. The second-order valence-electron chi connectivity index (χ2n) is 6.41. The quantitative estimate of drug-likeness (QED) is 0.342. The first-order valence-electron chi connectivity index (χ1n) is 9.15. The summed E-state index contributed by atoms with van der Waals surface area (Å²) in [6, 6.07) is 17.2. The third-order valence-electron chi connectivity index (χ3n) is 4.30. The van der Waals surface area contributed by atoms with Gasteiger partial charge in [0.2, 0.25) is 0 Å². The summed E-state index contributed by atoms with van der Waals surface area (Å²) in [6.45, 7) is 2.84. The van der Waals surface area contributed by atoms with Crippen LogP contribution in [0.1, 0.15) is 41.5 Å². The van der Waals surface area contributed by atoms with Gasteiger partial charge >= 0.3 is 0 Å². The highest BCUT2D eigenvalue weighted by molar-refractivity contribution is 7.99. The number of Topliss-reactive ketones (excluding diaryl/α,β-unsaturated/α-hetero) is 1. The predicted octanol–water partition coefficient (Wildman–Crippen LogP) is 4.23. The molecule has 6 heteroatoms. The Balaban J connectivity index is 1.76. The minimum atomic E-state index is 0.0951. The van der Waals surface area contributed by atoms with Gasteiger partial charge in [-0.15, -0.1) is 10.2 Å². The van der Waals surface area contributed by atoms with E-state index < -0.39 is 0 Å². The van der Waals surface area contributed by atoms with Gasteiger partial charge in [-0.05, 0) is 24.1 Å². The standard InChI is InChI=1S/C21H24N4OS/c1-2-3-9-20-23-24-21(25(20)14-16-10-12-18(22)13-11-16)27-15-19(26)17-7-5-4-6-8-17/h4-8,10-13H,2-3,9,14-15,22H2,1H3. The van der Waals surface area contributed by atoms with E-state index in [1.165, 1.54) is 11.8 Å². The third-order valence-corrected chi connectivity index (χ3v) is 5.26. The van der Waals surface area contributed by atoms with Crippen molar-refractivity contribution >= 4 is 23.2 Å². The molecule has 3 aromatic rings. The SMILES string of the molecule is CCCCc1nnc(SCC(=O)c2ccccc2)n1Cc1ccc(N)cc1. The number of hydrogen-bond acceptors (Lipinski definition) is 5. The second-order valence-corrected chi connectivity index (χ2v) is 7.35. The first kappa shape index (κ1) is 19.2. The smallest absolute Gasteiger partial charge is 0.191 e. The number of anilines is 1. The molecule has 0 saturated heterocycles. The summed E-state index contributed by atoms with van der Waals surface area (Å²) in [5, 5.41) is 9.50. The van der Waals surface area contributed by atoms with E-state index in [0.29, 0.717) is 12.3 Å². The van der Waals surface area contributed by atoms with Gasteiger partial charge in [-0.2, -0.15) is 0 Å². The zero-order valence-corrected chi connectivity index (χ0v) is 16.3. The van der Waals surface area contributed by atoms with Crippen LogP contribution in [-0.2, 0) is 13.0 Å². The van der Waals surface area contributed by atoms with Gasteiger partial charge in [-0.25, -0.2) is 0 Å². The highest BCUT2D eigenvalue weighted by Gasteiger charge is 2.15. The highest BCUT2D eigenvalue weighted by atomic mass is 32.2. The molecule has 5 nitrogen and oxygen atoms in total. The van der Waals surface area contributed by atoms with E-state index in [9.17, 15) is 4.79 Å². The third kappa shape index (κ3) is 5.20. The Labute approximate surface area is 164 Å². The van der Waals surface area contributed by atoms with E-state index in [0.717, 1.165) is 47.1 Å². The normalized spacial score (nSPS) is 10.9. The summed E-state index contributed by atoms with van der Waals surface area (Å²) in [5.74, 6) is 1.40. The van der Waals surface area contributed by atoms with Crippen LogP contribution in [0.2, 0.25) is 0 Å². The molecule has 27 heavy (non-hydrogen) atoms. The molecule has 0 aliphatic heterocycles. The number of rotatable bonds is 9. The molecule has 0 unspecified atom stereocenters. The van der Waals surface area contributed by atoms with Gasteiger partial charge in [0.1, 0.15) is 5.82 Å². The molecular formula is C21H24N4OS. The van der Waals surface area contributed by atoms with Crippen LogP contribution in [0.3, 0.4) is 0 Å². The first-order valence-corrected chi connectivity index (χ1v) is 10.1. The number of benzene rings is 2. The minimum Gasteiger partial charge on any atom is -0.399 e. The Morgan fingerprint density at radius 1 is 1.07 bits per heavy atom. The molecule has 140 valence electrons. The average Bonchev–Trinajstić information content (AvgIpc) is 3.08. The second kappa shape index (κ2) is 9.37. The van der Waals surface area contributed by atoms with Crippen molar-refractivity contribution in [1.82, 2.24) is 14.8 Å². The fourth-order valence-electron chi connectivity index (χ4n) is 2.75. The van der Waals surface area contributed by atoms with Crippen LogP contribution in [0, 0.1) is 0 Å². The number of carbonyl (C=O) groups excluding carboxylic acids is 1. The van der Waals surface area contributed by atoms with Crippen LogP contribution in [0.5, 0.6) is 0 Å². The zero-order valence-electron chi connectivity index (χ0n) is 15.5. The van der Waals surface area contributed by atoms with E-state index in [1.807, 2.05) is 54.6 Å². The van der Waals surface area contributed by atoms with Crippen LogP contribution in [0.4, 0.5) is 5.69 Å². The van der Waals surface area contributed by atoms with Gasteiger partial charge in [-0.1, -0.05) is 67.6 Å². The molecule has 1 heterocycles. The van der Waals surface area contributed by atoms with E-state index in [1.54, 1.807) is 0 Å². The van der Waals surface area contributed by atoms with Gasteiger partial charge < -0.3 is 10.3 Å². The van der Waals surface area contributed by atoms with E-state index >= 15 is 0 Å². The number of hydrogen-bond donors (Lipinski definition) is 1. The maximum absolute atomic E-state index is 12.4. The Bertz CT molecular complexity index is 875. The number of aryl methyl sites for hydroxylation is 1. The maximum Gasteiger partial charge on any atom is 0.191 e. The number of unbranched alkanes of at least 4 members (excludes halogenated alkanes) is 1. The molecule has 0 atom stereocenters. The van der Waals surface area contributed by atoms with E-state index in [4.69, 9.17) is 5.73 Å². The Hall–Kier alpha value is -2.60. The van der Waals surface area contributed by atoms with Gasteiger partial charge in [-0.3, -0.25) is 4.79 Å². The monoisotopic (exact) mass is 380 g/mol. The molecule has 0 saturated carbocycles. The minimum absolute atomic E-state index is 0.0951. The Morgan fingerprint density at radius 3 is 2.52 bits per heavy atom. The number of nitrogen functional groups attached to an aromatic ring is 1. The fraction of sp³-hybridized carbons (Fsp3) is 0.286. The number of aromatic nitrogens is 3. The van der Waals surface area contributed by atoms with Crippen molar-refractivity contribution in [3.8, 4) is 0 Å². The van der Waals surface area contributed by atoms with Crippen LogP contribution in [0.15, 0.2) is 59.8 Å². The number of nitrogens with zero attached hydrogens (tertiary/aromatic N) is 3. The molecule has 3 rings (SSSR count). The van der Waals surface area contributed by atoms with Crippen LogP contribution < -0.4 is 5.73 Å². The topological polar surface area (TPSA) is 73.8 Å². The molecule has 0 spiro atoms. The number of ketones is 1. The Kier molecular flexibility index (Phi) is 6.65. The predicted molar refractivity (Wildman–Crippen MR) is 110 cm³/mol. The fourth-order valence-corrected chi connectivity index (χ4v) is 3.60. The molecule has 0 aliphatic rings. The summed E-state index contributed by atoms with van der Waals surface area (Å²) < 4.78 is 2.12. The first-order chi connectivity index (χ1) is 13.2. The molecular weight excluding hydrogens is 356 g/mol.